The summed E-state index contributed by atoms with van der Waals surface area (Å²) in [5.74, 6) is -0.992. The molecule has 0 aromatic carbocycles. The summed E-state index contributed by atoms with van der Waals surface area (Å²) in [6.07, 6.45) is 1.70. The molecule has 2 heterocycles. The van der Waals surface area contributed by atoms with Gasteiger partial charge in [-0.15, -0.1) is 0 Å². The first kappa shape index (κ1) is 12.5. The summed E-state index contributed by atoms with van der Waals surface area (Å²) in [6, 6.07) is 5.50. The molecule has 0 aliphatic carbocycles. The highest BCUT2D eigenvalue weighted by atomic mass is 16.5. The summed E-state index contributed by atoms with van der Waals surface area (Å²) in [4.78, 5) is 15.2. The molecule has 18 heavy (non-hydrogen) atoms. The predicted octanol–water partition coefficient (Wildman–Crippen LogP) is 0.768. The van der Waals surface area contributed by atoms with Crippen molar-refractivity contribution in [2.24, 2.45) is 0 Å². The second-order valence-electron chi connectivity index (χ2n) is 3.81. The van der Waals surface area contributed by atoms with Crippen LogP contribution in [0.15, 0.2) is 24.4 Å². The molecular weight excluding hydrogens is 234 g/mol. The number of carboxylic acids is 1. The zero-order chi connectivity index (χ0) is 13.0. The number of methoxy groups -OCH3 is 1. The molecule has 0 aliphatic heterocycles. The lowest BCUT2D eigenvalue weighted by Gasteiger charge is -2.01. The summed E-state index contributed by atoms with van der Waals surface area (Å²) >= 11 is 0. The Labute approximate surface area is 104 Å². The van der Waals surface area contributed by atoms with E-state index in [1.54, 1.807) is 23.8 Å². The van der Waals surface area contributed by atoms with Crippen molar-refractivity contribution in [1.29, 1.82) is 0 Å². The fourth-order valence-corrected chi connectivity index (χ4v) is 1.76. The van der Waals surface area contributed by atoms with Gasteiger partial charge in [0.25, 0.3) is 0 Å². The van der Waals surface area contributed by atoms with Crippen molar-refractivity contribution >= 4 is 11.5 Å². The molecule has 2 aromatic heterocycles. The summed E-state index contributed by atoms with van der Waals surface area (Å²) in [5, 5.41) is 12.2. The Morgan fingerprint density at radius 1 is 1.56 bits per heavy atom. The lowest BCUT2D eigenvalue weighted by atomic mass is 10.3. The van der Waals surface area contributed by atoms with Gasteiger partial charge in [0, 0.05) is 26.4 Å². The van der Waals surface area contributed by atoms with Crippen molar-refractivity contribution in [2.75, 3.05) is 20.3 Å². The van der Waals surface area contributed by atoms with Gasteiger partial charge in [-0.1, -0.05) is 6.07 Å². The SMILES string of the molecule is COCCNCc1nc(C(=O)O)n2ccccc12. The van der Waals surface area contributed by atoms with Crippen LogP contribution in [0, 0.1) is 0 Å². The Bertz CT molecular complexity index is 550. The molecule has 0 aliphatic rings. The maximum atomic E-state index is 11.1. The van der Waals surface area contributed by atoms with Gasteiger partial charge >= 0.3 is 5.97 Å². The van der Waals surface area contributed by atoms with Crippen molar-refractivity contribution in [3.63, 3.8) is 0 Å². The quantitative estimate of drug-likeness (QED) is 0.739. The fraction of sp³-hybridized carbons (Fsp3) is 0.333. The molecule has 6 heteroatoms. The van der Waals surface area contributed by atoms with Gasteiger partial charge in [-0.25, -0.2) is 9.78 Å². The highest BCUT2D eigenvalue weighted by Gasteiger charge is 2.15. The molecule has 0 radical (unpaired) electrons. The number of hydrogen-bond acceptors (Lipinski definition) is 4. The molecule has 0 unspecified atom stereocenters. The number of rotatable bonds is 6. The van der Waals surface area contributed by atoms with E-state index in [0.717, 1.165) is 11.2 Å². The first-order chi connectivity index (χ1) is 8.74. The van der Waals surface area contributed by atoms with Gasteiger partial charge in [-0.05, 0) is 12.1 Å². The Hall–Kier alpha value is -1.92. The maximum Gasteiger partial charge on any atom is 0.372 e. The third-order valence-electron chi connectivity index (χ3n) is 2.59. The highest BCUT2D eigenvalue weighted by molar-refractivity contribution is 5.85. The molecule has 0 spiro atoms. The van der Waals surface area contributed by atoms with Crippen LogP contribution in [-0.2, 0) is 11.3 Å². The molecule has 96 valence electrons. The van der Waals surface area contributed by atoms with E-state index < -0.39 is 5.97 Å². The minimum atomic E-state index is -1.03. The number of carboxylic acid groups (broad SMARTS) is 1. The standard InChI is InChI=1S/C12H15N3O3/c1-18-7-5-13-8-9-10-4-2-3-6-15(10)11(14-9)12(16)17/h2-4,6,13H,5,7-8H2,1H3,(H,16,17). The fourth-order valence-electron chi connectivity index (χ4n) is 1.76. The van der Waals surface area contributed by atoms with Crippen LogP contribution in [0.1, 0.15) is 16.3 Å². The molecule has 2 aromatic rings. The van der Waals surface area contributed by atoms with Gasteiger partial charge in [0.1, 0.15) is 0 Å². The van der Waals surface area contributed by atoms with Crippen molar-refractivity contribution < 1.29 is 14.6 Å². The first-order valence-electron chi connectivity index (χ1n) is 5.63. The van der Waals surface area contributed by atoms with Crippen LogP contribution in [0.5, 0.6) is 0 Å². The highest BCUT2D eigenvalue weighted by Crippen LogP contribution is 2.12. The number of nitrogens with zero attached hydrogens (tertiary/aromatic N) is 2. The van der Waals surface area contributed by atoms with Crippen LogP contribution < -0.4 is 5.32 Å². The third kappa shape index (κ3) is 2.49. The lowest BCUT2D eigenvalue weighted by Crippen LogP contribution is -2.18. The zero-order valence-electron chi connectivity index (χ0n) is 10.1. The number of pyridine rings is 1. The average Bonchev–Trinajstić information content (AvgIpc) is 2.74. The summed E-state index contributed by atoms with van der Waals surface area (Å²) in [5.41, 5.74) is 1.53. The summed E-state index contributed by atoms with van der Waals surface area (Å²) in [6.45, 7) is 1.83. The molecule has 0 bridgehead atoms. The molecule has 2 N–H and O–H groups in total. The van der Waals surface area contributed by atoms with Crippen LogP contribution in [0.4, 0.5) is 0 Å². The van der Waals surface area contributed by atoms with E-state index in [1.807, 2.05) is 12.1 Å². The Morgan fingerprint density at radius 3 is 3.11 bits per heavy atom. The zero-order valence-corrected chi connectivity index (χ0v) is 10.1. The van der Waals surface area contributed by atoms with Crippen LogP contribution in [0.3, 0.4) is 0 Å². The Morgan fingerprint density at radius 2 is 2.39 bits per heavy atom. The number of imidazole rings is 1. The second-order valence-corrected chi connectivity index (χ2v) is 3.81. The van der Waals surface area contributed by atoms with Crippen LogP contribution in [-0.4, -0.2) is 40.7 Å². The number of aromatic carboxylic acids is 1. The van der Waals surface area contributed by atoms with Crippen LogP contribution in [0.2, 0.25) is 0 Å². The minimum absolute atomic E-state index is 0.0362. The molecule has 6 nitrogen and oxygen atoms in total. The van der Waals surface area contributed by atoms with Crippen LogP contribution in [0.25, 0.3) is 5.52 Å². The van der Waals surface area contributed by atoms with Crippen molar-refractivity contribution in [3.8, 4) is 0 Å². The molecule has 0 saturated heterocycles. The van der Waals surface area contributed by atoms with E-state index >= 15 is 0 Å². The first-order valence-corrected chi connectivity index (χ1v) is 5.63. The third-order valence-corrected chi connectivity index (χ3v) is 2.59. The number of fused-ring (bicyclic) bond motifs is 1. The molecule has 2 rings (SSSR count). The number of carbonyl (C=O) groups is 1. The predicted molar refractivity (Wildman–Crippen MR) is 65.7 cm³/mol. The van der Waals surface area contributed by atoms with E-state index in [4.69, 9.17) is 9.84 Å². The van der Waals surface area contributed by atoms with E-state index in [0.29, 0.717) is 19.7 Å². The van der Waals surface area contributed by atoms with Gasteiger partial charge < -0.3 is 15.2 Å². The van der Waals surface area contributed by atoms with Gasteiger partial charge in [0.2, 0.25) is 5.82 Å². The smallest absolute Gasteiger partial charge is 0.372 e. The number of ether oxygens (including phenoxy) is 1. The Balaban J connectivity index is 2.24. The monoisotopic (exact) mass is 249 g/mol. The average molecular weight is 249 g/mol. The molecule has 0 amide bonds. The number of hydrogen-bond donors (Lipinski definition) is 2. The van der Waals surface area contributed by atoms with E-state index in [1.165, 1.54) is 0 Å². The summed E-state index contributed by atoms with van der Waals surface area (Å²) in [7, 11) is 1.64. The lowest BCUT2D eigenvalue weighted by molar-refractivity contribution is 0.0682. The van der Waals surface area contributed by atoms with E-state index in [-0.39, 0.29) is 5.82 Å². The molecule has 0 saturated carbocycles. The van der Waals surface area contributed by atoms with Gasteiger partial charge in [0.15, 0.2) is 0 Å². The normalized spacial score (nSPS) is 10.9. The van der Waals surface area contributed by atoms with Gasteiger partial charge in [-0.3, -0.25) is 4.40 Å². The molecular formula is C12H15N3O3. The van der Waals surface area contributed by atoms with Crippen molar-refractivity contribution in [1.82, 2.24) is 14.7 Å². The maximum absolute atomic E-state index is 11.1. The van der Waals surface area contributed by atoms with Crippen LogP contribution >= 0.6 is 0 Å². The Kier molecular flexibility index (Phi) is 3.91. The second kappa shape index (κ2) is 5.61. The number of nitrogens with one attached hydrogen (secondary N) is 1. The molecule has 0 fully saturated rings. The molecule has 0 atom stereocenters. The van der Waals surface area contributed by atoms with Gasteiger partial charge in [0.05, 0.1) is 17.8 Å². The number of aromatic nitrogens is 2. The topological polar surface area (TPSA) is 75.9 Å². The van der Waals surface area contributed by atoms with Gasteiger partial charge in [-0.2, -0.15) is 0 Å². The minimum Gasteiger partial charge on any atom is -0.475 e. The van der Waals surface area contributed by atoms with Crippen molar-refractivity contribution in [3.05, 3.63) is 35.9 Å². The van der Waals surface area contributed by atoms with Crippen molar-refractivity contribution in [2.45, 2.75) is 6.54 Å². The summed E-state index contributed by atoms with van der Waals surface area (Å²) < 4.78 is 6.51. The largest absolute Gasteiger partial charge is 0.475 e. The van der Waals surface area contributed by atoms with E-state index in [9.17, 15) is 4.79 Å². The van der Waals surface area contributed by atoms with E-state index in [2.05, 4.69) is 10.3 Å².